The Morgan fingerprint density at radius 2 is 2.00 bits per heavy atom. The van der Waals surface area contributed by atoms with Crippen LogP contribution in [0.2, 0.25) is 0 Å². The molecule has 0 radical (unpaired) electrons. The van der Waals surface area contributed by atoms with Crippen molar-refractivity contribution in [1.29, 1.82) is 0 Å². The number of benzene rings is 1. The van der Waals surface area contributed by atoms with Gasteiger partial charge in [-0.2, -0.15) is 0 Å². The van der Waals surface area contributed by atoms with Crippen molar-refractivity contribution in [3.63, 3.8) is 0 Å². The minimum atomic E-state index is -0.482. The van der Waals surface area contributed by atoms with E-state index in [0.29, 0.717) is 11.3 Å². The lowest BCUT2D eigenvalue weighted by molar-refractivity contribution is -0.122. The number of carbonyl (C=O) groups excluding carboxylic acids is 2. The summed E-state index contributed by atoms with van der Waals surface area (Å²) in [4.78, 5) is 25.1. The monoisotopic (exact) mass is 293 g/mol. The fourth-order valence-corrected chi connectivity index (χ4v) is 1.80. The highest BCUT2D eigenvalue weighted by molar-refractivity contribution is 5.92. The number of rotatable bonds is 6. The van der Waals surface area contributed by atoms with Crippen molar-refractivity contribution in [2.75, 3.05) is 31.3 Å². The van der Waals surface area contributed by atoms with Crippen LogP contribution >= 0.6 is 0 Å². The fraction of sp³-hybridized carbons (Fsp3) is 0.467. The number of ether oxygens (including phenoxy) is 1. The summed E-state index contributed by atoms with van der Waals surface area (Å²) >= 11 is 0. The average molecular weight is 293 g/mol. The Bertz CT molecular complexity index is 513. The van der Waals surface area contributed by atoms with Gasteiger partial charge in [0.15, 0.2) is 0 Å². The molecule has 0 aliphatic carbocycles. The van der Waals surface area contributed by atoms with Gasteiger partial charge in [-0.3, -0.25) is 4.79 Å². The largest absolute Gasteiger partial charge is 0.462 e. The van der Waals surface area contributed by atoms with E-state index in [4.69, 9.17) is 10.5 Å². The second kappa shape index (κ2) is 7.52. The van der Waals surface area contributed by atoms with Gasteiger partial charge in [0.25, 0.3) is 0 Å². The van der Waals surface area contributed by atoms with Crippen LogP contribution in [-0.2, 0) is 9.53 Å². The summed E-state index contributed by atoms with van der Waals surface area (Å²) in [5.41, 5.74) is 7.60. The van der Waals surface area contributed by atoms with Crippen LogP contribution in [0.5, 0.6) is 0 Å². The van der Waals surface area contributed by atoms with E-state index in [1.54, 1.807) is 18.2 Å². The molecule has 0 saturated carbocycles. The van der Waals surface area contributed by atoms with Gasteiger partial charge in [0.2, 0.25) is 5.91 Å². The third-order valence-electron chi connectivity index (χ3n) is 2.76. The number of hydrogen-bond donors (Lipinski definition) is 2. The van der Waals surface area contributed by atoms with Gasteiger partial charge in [-0.1, -0.05) is 0 Å². The lowest BCUT2D eigenvalue weighted by Crippen LogP contribution is -2.31. The quantitative estimate of drug-likeness (QED) is 0.612. The van der Waals surface area contributed by atoms with Gasteiger partial charge >= 0.3 is 5.97 Å². The van der Waals surface area contributed by atoms with E-state index in [2.05, 4.69) is 5.32 Å². The number of nitrogens with two attached hydrogens (primary N) is 1. The first kappa shape index (κ1) is 16.8. The first-order chi connectivity index (χ1) is 9.81. The summed E-state index contributed by atoms with van der Waals surface area (Å²) in [6.45, 7) is 3.80. The summed E-state index contributed by atoms with van der Waals surface area (Å²) < 4.78 is 5.07. The average Bonchev–Trinajstić information content (AvgIpc) is 2.36. The van der Waals surface area contributed by atoms with Crippen LogP contribution in [0.25, 0.3) is 0 Å². The summed E-state index contributed by atoms with van der Waals surface area (Å²) in [7, 11) is 3.74. The molecule has 1 rings (SSSR count). The predicted molar refractivity (Wildman–Crippen MR) is 83.4 cm³/mol. The molecule has 1 amide bonds. The van der Waals surface area contributed by atoms with E-state index in [0.717, 1.165) is 5.69 Å². The molecule has 6 nitrogen and oxygen atoms in total. The van der Waals surface area contributed by atoms with Gasteiger partial charge in [-0.05, 0) is 32.0 Å². The lowest BCUT2D eigenvalue weighted by Gasteiger charge is -2.15. The fourth-order valence-electron chi connectivity index (χ4n) is 1.80. The van der Waals surface area contributed by atoms with Crippen molar-refractivity contribution < 1.29 is 14.3 Å². The van der Waals surface area contributed by atoms with Crippen LogP contribution < -0.4 is 16.0 Å². The first-order valence-corrected chi connectivity index (χ1v) is 6.84. The minimum absolute atomic E-state index is 0.0483. The highest BCUT2D eigenvalue weighted by Gasteiger charge is 2.11. The minimum Gasteiger partial charge on any atom is -0.462 e. The molecule has 1 aromatic carbocycles. The zero-order chi connectivity index (χ0) is 16.0. The maximum Gasteiger partial charge on any atom is 0.338 e. The number of amides is 1. The highest BCUT2D eigenvalue weighted by atomic mass is 16.5. The molecule has 0 aliphatic heterocycles. The molecule has 0 spiro atoms. The maximum absolute atomic E-state index is 11.9. The number of anilines is 2. The number of nitrogen functional groups attached to an aromatic ring is 1. The van der Waals surface area contributed by atoms with Crippen LogP contribution in [-0.4, -0.2) is 38.6 Å². The molecule has 6 heteroatoms. The van der Waals surface area contributed by atoms with Crippen molar-refractivity contribution in [2.45, 2.75) is 26.3 Å². The van der Waals surface area contributed by atoms with Crippen LogP contribution in [0, 0.1) is 0 Å². The molecule has 0 aliphatic rings. The molecule has 0 aromatic heterocycles. The smallest absolute Gasteiger partial charge is 0.338 e. The first-order valence-electron chi connectivity index (χ1n) is 6.84. The molecular weight excluding hydrogens is 270 g/mol. The van der Waals surface area contributed by atoms with Crippen molar-refractivity contribution in [1.82, 2.24) is 5.32 Å². The van der Waals surface area contributed by atoms with E-state index >= 15 is 0 Å². The number of carbonyl (C=O) groups is 2. The van der Waals surface area contributed by atoms with Crippen LogP contribution in [0.1, 0.15) is 30.6 Å². The van der Waals surface area contributed by atoms with Crippen molar-refractivity contribution in [2.24, 2.45) is 0 Å². The molecule has 3 N–H and O–H groups in total. The van der Waals surface area contributed by atoms with Gasteiger partial charge < -0.3 is 20.7 Å². The molecular formula is C15H23N3O3. The van der Waals surface area contributed by atoms with E-state index < -0.39 is 5.97 Å². The number of hydrogen-bond acceptors (Lipinski definition) is 5. The van der Waals surface area contributed by atoms with Gasteiger partial charge in [0.05, 0.1) is 23.4 Å². The Balaban J connectivity index is 2.53. The lowest BCUT2D eigenvalue weighted by atomic mass is 10.1. The van der Waals surface area contributed by atoms with Crippen LogP contribution in [0.15, 0.2) is 18.2 Å². The van der Waals surface area contributed by atoms with E-state index in [-0.39, 0.29) is 25.0 Å². The molecule has 0 bridgehead atoms. The molecule has 0 fully saturated rings. The highest BCUT2D eigenvalue weighted by Crippen LogP contribution is 2.22. The standard InChI is InChI=1S/C15H23N3O3/c1-10(2)17-14(19)7-8-21-15(20)11-5-6-13(18(3)4)12(16)9-11/h5-6,9-10H,7-8,16H2,1-4H3,(H,17,19). The molecule has 21 heavy (non-hydrogen) atoms. The zero-order valence-electron chi connectivity index (χ0n) is 13.0. The Labute approximate surface area is 125 Å². The van der Waals surface area contributed by atoms with Crippen molar-refractivity contribution in [3.05, 3.63) is 23.8 Å². The van der Waals surface area contributed by atoms with Crippen LogP contribution in [0.3, 0.4) is 0 Å². The summed E-state index contributed by atoms with van der Waals surface area (Å²) in [6.07, 6.45) is 0.148. The second-order valence-corrected chi connectivity index (χ2v) is 5.28. The Hall–Kier alpha value is -2.24. The second-order valence-electron chi connectivity index (χ2n) is 5.28. The van der Waals surface area contributed by atoms with Gasteiger partial charge in [-0.15, -0.1) is 0 Å². The third kappa shape index (κ3) is 5.33. The third-order valence-corrected chi connectivity index (χ3v) is 2.76. The molecule has 0 saturated heterocycles. The zero-order valence-corrected chi connectivity index (χ0v) is 13.0. The van der Waals surface area contributed by atoms with E-state index in [1.165, 1.54) is 0 Å². The molecule has 0 unspecified atom stereocenters. The SMILES string of the molecule is CC(C)NC(=O)CCOC(=O)c1ccc(N(C)C)c(N)c1. The van der Waals surface area contributed by atoms with Crippen molar-refractivity contribution >= 4 is 23.3 Å². The Morgan fingerprint density at radius 1 is 1.33 bits per heavy atom. The predicted octanol–water partition coefficient (Wildman–Crippen LogP) is 1.41. The maximum atomic E-state index is 11.9. The summed E-state index contributed by atoms with van der Waals surface area (Å²) in [5, 5.41) is 2.73. The summed E-state index contributed by atoms with van der Waals surface area (Å²) in [6, 6.07) is 5.07. The Kier molecular flexibility index (Phi) is 6.02. The molecule has 116 valence electrons. The number of nitrogens with one attached hydrogen (secondary N) is 1. The molecule has 1 aromatic rings. The molecule has 0 heterocycles. The topological polar surface area (TPSA) is 84.7 Å². The van der Waals surface area contributed by atoms with Gasteiger partial charge in [-0.25, -0.2) is 4.79 Å². The van der Waals surface area contributed by atoms with Gasteiger partial charge in [0.1, 0.15) is 6.61 Å². The van der Waals surface area contributed by atoms with Gasteiger partial charge in [0, 0.05) is 20.1 Å². The van der Waals surface area contributed by atoms with E-state index in [9.17, 15) is 9.59 Å². The summed E-state index contributed by atoms with van der Waals surface area (Å²) in [5.74, 6) is -0.621. The van der Waals surface area contributed by atoms with Crippen molar-refractivity contribution in [3.8, 4) is 0 Å². The van der Waals surface area contributed by atoms with E-state index in [1.807, 2.05) is 32.8 Å². The number of nitrogens with zero attached hydrogens (tertiary/aromatic N) is 1. The van der Waals surface area contributed by atoms with Crippen LogP contribution in [0.4, 0.5) is 11.4 Å². The Morgan fingerprint density at radius 3 is 2.52 bits per heavy atom. The normalized spacial score (nSPS) is 10.3. The molecule has 0 atom stereocenters. The number of esters is 1.